The zero-order valence-electron chi connectivity index (χ0n) is 17.6. The van der Waals surface area contributed by atoms with Gasteiger partial charge in [0.2, 0.25) is 0 Å². The smallest absolute Gasteiger partial charge is 0.291 e. The lowest BCUT2D eigenvalue weighted by molar-refractivity contribution is -0.132. The van der Waals surface area contributed by atoms with Crippen molar-refractivity contribution >= 4 is 28.5 Å². The molecular weight excluding hydrogens is 380 g/mol. The molecule has 1 aliphatic heterocycles. The number of nitrogens with zero attached hydrogens (tertiary/aromatic N) is 1. The Labute approximate surface area is 175 Å². The first-order valence-corrected chi connectivity index (χ1v) is 10.3. The number of carbonyl (C=O) groups is 2. The average molecular weight is 406 g/mol. The van der Waals surface area contributed by atoms with Gasteiger partial charge in [0, 0.05) is 35.8 Å². The van der Waals surface area contributed by atoms with Crippen molar-refractivity contribution in [1.29, 1.82) is 0 Å². The number of anilines is 1. The van der Waals surface area contributed by atoms with E-state index in [-0.39, 0.29) is 18.4 Å². The van der Waals surface area contributed by atoms with E-state index >= 15 is 0 Å². The van der Waals surface area contributed by atoms with Crippen molar-refractivity contribution in [2.24, 2.45) is 0 Å². The lowest BCUT2D eigenvalue weighted by Gasteiger charge is -2.15. The van der Waals surface area contributed by atoms with Gasteiger partial charge < -0.3 is 19.4 Å². The van der Waals surface area contributed by atoms with Crippen LogP contribution in [-0.4, -0.2) is 36.4 Å². The molecule has 1 saturated heterocycles. The highest BCUT2D eigenvalue weighted by Gasteiger charge is 2.21. The molecule has 30 heavy (non-hydrogen) atoms. The quantitative estimate of drug-likeness (QED) is 0.672. The monoisotopic (exact) mass is 406 g/mol. The number of ether oxygens (including phenoxy) is 1. The van der Waals surface area contributed by atoms with E-state index in [2.05, 4.69) is 5.32 Å². The van der Waals surface area contributed by atoms with E-state index in [0.717, 1.165) is 53.6 Å². The number of hydrogen-bond donors (Lipinski definition) is 1. The molecular formula is C24H26N2O4. The predicted octanol–water partition coefficient (Wildman–Crippen LogP) is 4.61. The van der Waals surface area contributed by atoms with Gasteiger partial charge in [-0.2, -0.15) is 0 Å². The molecule has 0 saturated carbocycles. The maximum absolute atomic E-state index is 12.9. The number of nitrogens with one attached hydrogen (secondary N) is 1. The number of rotatable bonds is 5. The Morgan fingerprint density at radius 1 is 1.07 bits per heavy atom. The normalized spacial score (nSPS) is 13.6. The zero-order valence-corrected chi connectivity index (χ0v) is 17.6. The molecule has 1 aromatic heterocycles. The predicted molar refractivity (Wildman–Crippen MR) is 116 cm³/mol. The van der Waals surface area contributed by atoms with Gasteiger partial charge in [0.1, 0.15) is 11.3 Å². The zero-order chi connectivity index (χ0) is 21.3. The first kappa shape index (κ1) is 20.0. The number of aryl methyl sites for hydroxylation is 3. The molecule has 2 amide bonds. The lowest BCUT2D eigenvalue weighted by Crippen LogP contribution is -2.32. The van der Waals surface area contributed by atoms with E-state index in [1.807, 2.05) is 37.8 Å². The average Bonchev–Trinajstić information content (AvgIpc) is 3.38. The van der Waals surface area contributed by atoms with Crippen LogP contribution in [0.5, 0.6) is 5.75 Å². The third-order valence-corrected chi connectivity index (χ3v) is 5.60. The summed E-state index contributed by atoms with van der Waals surface area (Å²) in [5.74, 6) is 0.518. The summed E-state index contributed by atoms with van der Waals surface area (Å²) in [4.78, 5) is 26.9. The largest absolute Gasteiger partial charge is 0.484 e. The second-order valence-corrected chi connectivity index (χ2v) is 7.82. The van der Waals surface area contributed by atoms with Gasteiger partial charge in [-0.1, -0.05) is 18.2 Å². The number of fused-ring (bicyclic) bond motifs is 1. The van der Waals surface area contributed by atoms with Crippen LogP contribution in [0.3, 0.4) is 0 Å². The number of furan rings is 1. The molecule has 0 spiro atoms. The summed E-state index contributed by atoms with van der Waals surface area (Å²) in [5.41, 5.74) is 4.23. The number of benzene rings is 2. The summed E-state index contributed by atoms with van der Waals surface area (Å²) < 4.78 is 11.6. The van der Waals surface area contributed by atoms with E-state index < -0.39 is 0 Å². The van der Waals surface area contributed by atoms with Gasteiger partial charge in [0.25, 0.3) is 11.8 Å². The molecule has 2 heterocycles. The number of likely N-dealkylation sites (tertiary alicyclic amines) is 1. The fourth-order valence-electron chi connectivity index (χ4n) is 3.95. The maximum Gasteiger partial charge on any atom is 0.291 e. The van der Waals surface area contributed by atoms with Crippen LogP contribution in [-0.2, 0) is 4.79 Å². The topological polar surface area (TPSA) is 71.8 Å². The molecule has 3 aromatic rings. The van der Waals surface area contributed by atoms with Crippen LogP contribution in [0.4, 0.5) is 5.69 Å². The van der Waals surface area contributed by atoms with Crippen molar-refractivity contribution in [3.63, 3.8) is 0 Å². The molecule has 0 unspecified atom stereocenters. The van der Waals surface area contributed by atoms with Crippen molar-refractivity contribution in [2.75, 3.05) is 25.0 Å². The van der Waals surface area contributed by atoms with Crippen LogP contribution in [0.15, 0.2) is 40.8 Å². The Balaban J connectivity index is 1.47. The van der Waals surface area contributed by atoms with E-state index in [4.69, 9.17) is 9.15 Å². The molecule has 0 aliphatic carbocycles. The van der Waals surface area contributed by atoms with Crippen molar-refractivity contribution in [3.8, 4) is 5.75 Å². The van der Waals surface area contributed by atoms with Crippen LogP contribution in [0.2, 0.25) is 0 Å². The summed E-state index contributed by atoms with van der Waals surface area (Å²) in [6.07, 6.45) is 2.10. The van der Waals surface area contributed by atoms with Crippen molar-refractivity contribution < 1.29 is 18.7 Å². The fourth-order valence-corrected chi connectivity index (χ4v) is 3.95. The number of carbonyl (C=O) groups excluding carboxylic acids is 2. The Morgan fingerprint density at radius 2 is 1.80 bits per heavy atom. The van der Waals surface area contributed by atoms with E-state index in [1.165, 1.54) is 0 Å². The molecule has 1 aliphatic rings. The summed E-state index contributed by atoms with van der Waals surface area (Å²) in [5, 5.41) is 3.86. The minimum absolute atomic E-state index is 0.00135. The molecule has 0 radical (unpaired) electrons. The highest BCUT2D eigenvalue weighted by molar-refractivity contribution is 6.07. The van der Waals surface area contributed by atoms with Crippen molar-refractivity contribution in [3.05, 3.63) is 58.8 Å². The van der Waals surface area contributed by atoms with Crippen molar-refractivity contribution in [1.82, 2.24) is 4.90 Å². The standard InChI is InChI=1S/C24H26N2O4/c1-15-9-10-16(2)22-21(15)17(3)23(30-22)24(28)25-18-7-6-8-19(13-18)29-14-20(27)26-11-4-5-12-26/h6-10,13H,4-5,11-12,14H2,1-3H3,(H,25,28). The minimum Gasteiger partial charge on any atom is -0.484 e. The third-order valence-electron chi connectivity index (χ3n) is 5.60. The van der Waals surface area contributed by atoms with Gasteiger partial charge in [-0.05, 0) is 56.9 Å². The van der Waals surface area contributed by atoms with Gasteiger partial charge in [-0.15, -0.1) is 0 Å². The minimum atomic E-state index is -0.312. The summed E-state index contributed by atoms with van der Waals surface area (Å²) in [7, 11) is 0. The molecule has 6 heteroatoms. The first-order valence-electron chi connectivity index (χ1n) is 10.3. The lowest BCUT2D eigenvalue weighted by atomic mass is 10.0. The molecule has 1 fully saturated rings. The van der Waals surface area contributed by atoms with Gasteiger partial charge in [-0.3, -0.25) is 9.59 Å². The van der Waals surface area contributed by atoms with Crippen molar-refractivity contribution in [2.45, 2.75) is 33.6 Å². The van der Waals surface area contributed by atoms with Gasteiger partial charge in [0.15, 0.2) is 12.4 Å². The Kier molecular flexibility index (Phi) is 5.48. The van der Waals surface area contributed by atoms with Gasteiger partial charge in [-0.25, -0.2) is 0 Å². The Hall–Kier alpha value is -3.28. The number of hydrogen-bond acceptors (Lipinski definition) is 4. The van der Waals surface area contributed by atoms with E-state index in [9.17, 15) is 9.59 Å². The van der Waals surface area contributed by atoms with E-state index in [0.29, 0.717) is 17.2 Å². The number of amides is 2. The molecule has 4 rings (SSSR count). The molecule has 0 bridgehead atoms. The van der Waals surface area contributed by atoms with Gasteiger partial charge >= 0.3 is 0 Å². The van der Waals surface area contributed by atoms with E-state index in [1.54, 1.807) is 24.3 Å². The summed E-state index contributed by atoms with van der Waals surface area (Å²) >= 11 is 0. The van der Waals surface area contributed by atoms with Crippen LogP contribution in [0, 0.1) is 20.8 Å². The van der Waals surface area contributed by atoms with Crippen LogP contribution >= 0.6 is 0 Å². The van der Waals surface area contributed by atoms with Gasteiger partial charge in [0.05, 0.1) is 0 Å². The second kappa shape index (κ2) is 8.22. The Bertz CT molecular complexity index is 1110. The highest BCUT2D eigenvalue weighted by atomic mass is 16.5. The molecule has 6 nitrogen and oxygen atoms in total. The van der Waals surface area contributed by atoms with Crippen LogP contribution in [0.1, 0.15) is 40.1 Å². The maximum atomic E-state index is 12.9. The Morgan fingerprint density at radius 3 is 2.53 bits per heavy atom. The SMILES string of the molecule is Cc1ccc(C)c2c(C)c(C(=O)Nc3cccc(OCC(=O)N4CCCC4)c3)oc12. The molecule has 0 atom stereocenters. The fraction of sp³-hybridized carbons (Fsp3) is 0.333. The first-order chi connectivity index (χ1) is 14.4. The van der Waals surface area contributed by atoms with Crippen LogP contribution in [0.25, 0.3) is 11.0 Å². The second-order valence-electron chi connectivity index (χ2n) is 7.82. The molecule has 156 valence electrons. The summed E-state index contributed by atoms with van der Waals surface area (Å²) in [6, 6.07) is 11.1. The highest BCUT2D eigenvalue weighted by Crippen LogP contribution is 2.31. The third kappa shape index (κ3) is 3.90. The van der Waals surface area contributed by atoms with Crippen LogP contribution < -0.4 is 10.1 Å². The molecule has 2 aromatic carbocycles. The molecule has 1 N–H and O–H groups in total. The summed E-state index contributed by atoms with van der Waals surface area (Å²) in [6.45, 7) is 7.48.